The average Bonchev–Trinajstić information content (AvgIpc) is 2.65. The number of hydrogen-bond acceptors (Lipinski definition) is 2. The predicted molar refractivity (Wildman–Crippen MR) is 109 cm³/mol. The van der Waals surface area contributed by atoms with Gasteiger partial charge in [0.2, 0.25) is 5.91 Å². The Balaban J connectivity index is 1.71. The summed E-state index contributed by atoms with van der Waals surface area (Å²) in [4.78, 5) is 14.1. The van der Waals surface area contributed by atoms with Crippen molar-refractivity contribution in [2.24, 2.45) is 0 Å². The smallest absolute Gasteiger partial charge is 0.225 e. The molecule has 1 saturated heterocycles. The van der Waals surface area contributed by atoms with Crippen LogP contribution in [0.5, 0.6) is 0 Å². The monoisotopic (exact) mass is 407 g/mol. The topological polar surface area (TPSA) is 42.8 Å². The quantitative estimate of drug-likeness (QED) is 0.772. The Bertz CT molecular complexity index is 774. The van der Waals surface area contributed by atoms with Gasteiger partial charge in [-0.05, 0) is 30.2 Å². The van der Waals surface area contributed by atoms with E-state index in [2.05, 4.69) is 36.5 Å². The molecule has 1 fully saturated rings. The number of quaternary nitrogens is 1. The third-order valence-electron chi connectivity index (χ3n) is 4.87. The number of rotatable bonds is 6. The molecule has 2 aromatic carbocycles. The van der Waals surface area contributed by atoms with E-state index in [0.29, 0.717) is 10.0 Å². The molecule has 0 bridgehead atoms. The Morgan fingerprint density at radius 3 is 2.52 bits per heavy atom. The average molecular weight is 408 g/mol. The number of morpholine rings is 1. The fraction of sp³-hybridized carbons (Fsp3) is 0.381. The second kappa shape index (κ2) is 9.56. The number of amides is 1. The summed E-state index contributed by atoms with van der Waals surface area (Å²) in [6.45, 7) is 6.36. The SMILES string of the molecule is Cc1ccc([C@@H](C[NH+]2CCOCC2)NC(=O)Cc2ccc(Cl)cc2Cl)cc1. The van der Waals surface area contributed by atoms with Crippen molar-refractivity contribution in [3.63, 3.8) is 0 Å². The van der Waals surface area contributed by atoms with Crippen molar-refractivity contribution in [2.45, 2.75) is 19.4 Å². The first-order chi connectivity index (χ1) is 13.0. The third-order valence-corrected chi connectivity index (χ3v) is 5.46. The Morgan fingerprint density at radius 1 is 1.15 bits per heavy atom. The first-order valence-electron chi connectivity index (χ1n) is 9.22. The highest BCUT2D eigenvalue weighted by molar-refractivity contribution is 6.35. The summed E-state index contributed by atoms with van der Waals surface area (Å²) in [7, 11) is 0. The second-order valence-corrected chi connectivity index (χ2v) is 7.85. The number of halogens is 2. The van der Waals surface area contributed by atoms with Crippen LogP contribution in [-0.2, 0) is 16.0 Å². The van der Waals surface area contributed by atoms with Crippen LogP contribution in [0, 0.1) is 6.92 Å². The van der Waals surface area contributed by atoms with Crippen LogP contribution in [0.25, 0.3) is 0 Å². The van der Waals surface area contributed by atoms with Gasteiger partial charge in [-0.1, -0.05) is 59.1 Å². The van der Waals surface area contributed by atoms with E-state index < -0.39 is 0 Å². The first-order valence-corrected chi connectivity index (χ1v) is 9.98. The molecule has 0 aromatic heterocycles. The van der Waals surface area contributed by atoms with Crippen molar-refractivity contribution >= 4 is 29.1 Å². The molecule has 1 heterocycles. The van der Waals surface area contributed by atoms with Gasteiger partial charge in [0.05, 0.1) is 19.6 Å². The van der Waals surface area contributed by atoms with Gasteiger partial charge in [0.1, 0.15) is 25.7 Å². The fourth-order valence-corrected chi connectivity index (χ4v) is 3.76. The number of hydrogen-bond donors (Lipinski definition) is 2. The van der Waals surface area contributed by atoms with Crippen molar-refractivity contribution in [1.82, 2.24) is 5.32 Å². The van der Waals surface area contributed by atoms with Crippen LogP contribution in [0.4, 0.5) is 0 Å². The van der Waals surface area contributed by atoms with E-state index in [1.54, 1.807) is 18.2 Å². The van der Waals surface area contributed by atoms with Crippen LogP contribution in [0.2, 0.25) is 10.0 Å². The lowest BCUT2D eigenvalue weighted by Gasteiger charge is -2.28. The molecule has 6 heteroatoms. The van der Waals surface area contributed by atoms with Gasteiger partial charge in [-0.2, -0.15) is 0 Å². The molecule has 0 aliphatic carbocycles. The molecule has 1 atom stereocenters. The predicted octanol–water partition coefficient (Wildman–Crippen LogP) is 2.62. The molecule has 144 valence electrons. The zero-order valence-corrected chi connectivity index (χ0v) is 16.9. The van der Waals surface area contributed by atoms with E-state index in [1.165, 1.54) is 10.5 Å². The molecule has 4 nitrogen and oxygen atoms in total. The summed E-state index contributed by atoms with van der Waals surface area (Å²) < 4.78 is 5.45. The molecule has 2 aromatic rings. The van der Waals surface area contributed by atoms with Crippen molar-refractivity contribution in [3.8, 4) is 0 Å². The van der Waals surface area contributed by atoms with Crippen LogP contribution >= 0.6 is 23.2 Å². The maximum atomic E-state index is 12.7. The standard InChI is InChI=1S/C21H24Cl2N2O2/c1-15-2-4-16(5-3-15)20(14-25-8-10-27-11-9-25)24-21(26)12-17-6-7-18(22)13-19(17)23/h2-7,13,20H,8-12,14H2,1H3,(H,24,26)/p+1/t20-/m1/s1. The number of benzene rings is 2. The van der Waals surface area contributed by atoms with Crippen LogP contribution in [0.3, 0.4) is 0 Å². The summed E-state index contributed by atoms with van der Waals surface area (Å²) >= 11 is 12.2. The largest absolute Gasteiger partial charge is 0.370 e. The van der Waals surface area contributed by atoms with Gasteiger partial charge < -0.3 is 15.0 Å². The Morgan fingerprint density at radius 2 is 1.85 bits per heavy atom. The molecular formula is C21H25Cl2N2O2+. The Kier molecular flexibility index (Phi) is 7.13. The van der Waals surface area contributed by atoms with E-state index in [-0.39, 0.29) is 18.4 Å². The van der Waals surface area contributed by atoms with Crippen LogP contribution in [-0.4, -0.2) is 38.8 Å². The van der Waals surface area contributed by atoms with Gasteiger partial charge in [-0.3, -0.25) is 4.79 Å². The highest BCUT2D eigenvalue weighted by Gasteiger charge is 2.23. The van der Waals surface area contributed by atoms with Gasteiger partial charge in [0.15, 0.2) is 0 Å². The van der Waals surface area contributed by atoms with Crippen molar-refractivity contribution in [2.75, 3.05) is 32.8 Å². The van der Waals surface area contributed by atoms with Crippen molar-refractivity contribution in [3.05, 3.63) is 69.2 Å². The van der Waals surface area contributed by atoms with E-state index in [9.17, 15) is 4.79 Å². The van der Waals surface area contributed by atoms with Crippen LogP contribution < -0.4 is 10.2 Å². The van der Waals surface area contributed by atoms with Gasteiger partial charge in [-0.15, -0.1) is 0 Å². The third kappa shape index (κ3) is 5.94. The Hall–Kier alpha value is -1.59. The van der Waals surface area contributed by atoms with Gasteiger partial charge in [0, 0.05) is 10.0 Å². The molecule has 0 unspecified atom stereocenters. The molecule has 0 radical (unpaired) electrons. The summed E-state index contributed by atoms with van der Waals surface area (Å²) in [5.74, 6) is -0.0440. The molecule has 1 amide bonds. The zero-order valence-electron chi connectivity index (χ0n) is 15.4. The van der Waals surface area contributed by atoms with Gasteiger partial charge in [-0.25, -0.2) is 0 Å². The maximum absolute atomic E-state index is 12.7. The number of ether oxygens (including phenoxy) is 1. The summed E-state index contributed by atoms with van der Waals surface area (Å²) in [6, 6.07) is 13.5. The Labute approximate surface area is 170 Å². The molecule has 1 aliphatic rings. The lowest BCUT2D eigenvalue weighted by molar-refractivity contribution is -0.909. The fourth-order valence-electron chi connectivity index (χ4n) is 3.29. The lowest BCUT2D eigenvalue weighted by Crippen LogP contribution is -3.14. The van der Waals surface area contributed by atoms with E-state index in [1.807, 2.05) is 0 Å². The normalized spacial score (nSPS) is 16.1. The minimum absolute atomic E-state index is 0.0440. The van der Waals surface area contributed by atoms with E-state index in [0.717, 1.165) is 44.0 Å². The molecule has 1 aliphatic heterocycles. The lowest BCUT2D eigenvalue weighted by atomic mass is 10.0. The molecule has 27 heavy (non-hydrogen) atoms. The first kappa shape index (κ1) is 20.2. The molecule has 2 N–H and O–H groups in total. The number of carbonyl (C=O) groups is 1. The summed E-state index contributed by atoms with van der Waals surface area (Å²) in [6.07, 6.45) is 0.233. The molecule has 0 spiro atoms. The van der Waals surface area contributed by atoms with E-state index in [4.69, 9.17) is 27.9 Å². The van der Waals surface area contributed by atoms with Gasteiger partial charge in [0.25, 0.3) is 0 Å². The number of aryl methyl sites for hydroxylation is 1. The van der Waals surface area contributed by atoms with Crippen LogP contribution in [0.1, 0.15) is 22.7 Å². The van der Waals surface area contributed by atoms with Crippen LogP contribution in [0.15, 0.2) is 42.5 Å². The highest BCUT2D eigenvalue weighted by atomic mass is 35.5. The molecule has 0 saturated carbocycles. The molecule has 3 rings (SSSR count). The second-order valence-electron chi connectivity index (χ2n) is 7.01. The highest BCUT2D eigenvalue weighted by Crippen LogP contribution is 2.22. The minimum Gasteiger partial charge on any atom is -0.370 e. The summed E-state index contributed by atoms with van der Waals surface area (Å²) in [5.41, 5.74) is 3.10. The molecular weight excluding hydrogens is 383 g/mol. The number of carbonyl (C=O) groups excluding carboxylic acids is 1. The van der Waals surface area contributed by atoms with E-state index >= 15 is 0 Å². The summed E-state index contributed by atoms with van der Waals surface area (Å²) in [5, 5.41) is 4.28. The van der Waals surface area contributed by atoms with Crippen molar-refractivity contribution < 1.29 is 14.4 Å². The minimum atomic E-state index is -0.0442. The maximum Gasteiger partial charge on any atom is 0.225 e. The van der Waals surface area contributed by atoms with Gasteiger partial charge >= 0.3 is 0 Å². The number of nitrogens with one attached hydrogen (secondary N) is 2. The zero-order chi connectivity index (χ0) is 19.2. The van der Waals surface area contributed by atoms with Crippen molar-refractivity contribution in [1.29, 1.82) is 0 Å².